The van der Waals surface area contributed by atoms with Crippen molar-refractivity contribution >= 4 is 11.6 Å². The largest absolute Gasteiger partial charge is 0.493 e. The number of anilines is 1. The summed E-state index contributed by atoms with van der Waals surface area (Å²) in [6, 6.07) is 4.83. The zero-order valence-corrected chi connectivity index (χ0v) is 16.9. The first-order chi connectivity index (χ1) is 14.2. The van der Waals surface area contributed by atoms with Gasteiger partial charge in [0.25, 0.3) is 0 Å². The number of benzene rings is 1. The van der Waals surface area contributed by atoms with E-state index < -0.39 is 0 Å². The lowest BCUT2D eigenvalue weighted by Crippen LogP contribution is -2.68. The Labute approximate surface area is 170 Å². The van der Waals surface area contributed by atoms with E-state index in [1.54, 1.807) is 19.8 Å². The SMILES string of the molecule is COc1cc2c(cc1OC)C13CCN4C=C5CCOC6CC(=O)N2C1C6C5CC43. The molecule has 3 saturated heterocycles. The molecule has 1 saturated carbocycles. The van der Waals surface area contributed by atoms with Crippen LogP contribution in [0.2, 0.25) is 0 Å². The van der Waals surface area contributed by atoms with Gasteiger partial charge in [-0.2, -0.15) is 0 Å². The number of fused-ring (bicyclic) bond motifs is 2. The Balaban J connectivity index is 1.53. The number of piperidine rings is 1. The summed E-state index contributed by atoms with van der Waals surface area (Å²) in [5.41, 5.74) is 3.82. The average Bonchev–Trinajstić information content (AvgIpc) is 3.20. The van der Waals surface area contributed by atoms with Gasteiger partial charge in [-0.15, -0.1) is 0 Å². The Kier molecular flexibility index (Phi) is 3.02. The fraction of sp³-hybridized carbons (Fsp3) is 0.609. The molecule has 1 amide bonds. The Bertz CT molecular complexity index is 974. The minimum atomic E-state index is -0.0416. The minimum absolute atomic E-state index is 0.0416. The predicted molar refractivity (Wildman–Crippen MR) is 106 cm³/mol. The van der Waals surface area contributed by atoms with Crippen molar-refractivity contribution in [2.75, 3.05) is 32.3 Å². The fourth-order valence-electron chi connectivity index (χ4n) is 7.82. The number of methoxy groups -OCH3 is 2. The van der Waals surface area contributed by atoms with Gasteiger partial charge in [-0.05, 0) is 48.6 Å². The van der Waals surface area contributed by atoms with Crippen molar-refractivity contribution in [3.63, 3.8) is 0 Å². The van der Waals surface area contributed by atoms with Crippen LogP contribution in [-0.4, -0.2) is 56.4 Å². The zero-order valence-electron chi connectivity index (χ0n) is 16.9. The van der Waals surface area contributed by atoms with Crippen LogP contribution >= 0.6 is 0 Å². The van der Waals surface area contributed by atoms with E-state index in [0.717, 1.165) is 37.4 Å². The van der Waals surface area contributed by atoms with Crippen molar-refractivity contribution < 1.29 is 19.0 Å². The van der Waals surface area contributed by atoms with E-state index in [-0.39, 0.29) is 23.5 Å². The highest BCUT2D eigenvalue weighted by atomic mass is 16.5. The van der Waals surface area contributed by atoms with E-state index >= 15 is 0 Å². The molecule has 5 aliphatic heterocycles. The number of carbonyl (C=O) groups is 1. The zero-order chi connectivity index (χ0) is 19.5. The van der Waals surface area contributed by atoms with Crippen LogP contribution < -0.4 is 14.4 Å². The number of rotatable bonds is 2. The third-order valence-electron chi connectivity index (χ3n) is 8.76. The maximum Gasteiger partial charge on any atom is 0.229 e. The third kappa shape index (κ3) is 1.73. The first kappa shape index (κ1) is 16.6. The van der Waals surface area contributed by atoms with Gasteiger partial charge in [-0.25, -0.2) is 0 Å². The number of amides is 1. The van der Waals surface area contributed by atoms with E-state index in [2.05, 4.69) is 22.1 Å². The van der Waals surface area contributed by atoms with Crippen LogP contribution in [0.4, 0.5) is 5.69 Å². The molecule has 6 aliphatic rings. The highest BCUT2D eigenvalue weighted by Gasteiger charge is 2.70. The smallest absolute Gasteiger partial charge is 0.229 e. The molecule has 6 unspecified atom stereocenters. The molecule has 152 valence electrons. The van der Waals surface area contributed by atoms with Crippen LogP contribution in [0.1, 0.15) is 31.2 Å². The van der Waals surface area contributed by atoms with Gasteiger partial charge in [0.1, 0.15) is 0 Å². The van der Waals surface area contributed by atoms with Gasteiger partial charge in [0.15, 0.2) is 11.5 Å². The van der Waals surface area contributed by atoms with E-state index in [4.69, 9.17) is 14.2 Å². The highest BCUT2D eigenvalue weighted by Crippen LogP contribution is 2.66. The van der Waals surface area contributed by atoms with E-state index in [9.17, 15) is 4.79 Å². The Morgan fingerprint density at radius 2 is 2.03 bits per heavy atom. The third-order valence-corrected chi connectivity index (χ3v) is 8.76. The molecule has 1 spiro atoms. The average molecular weight is 394 g/mol. The lowest BCUT2D eigenvalue weighted by Gasteiger charge is -2.57. The fourth-order valence-corrected chi connectivity index (χ4v) is 7.82. The van der Waals surface area contributed by atoms with Crippen LogP contribution in [0, 0.1) is 11.8 Å². The first-order valence-corrected chi connectivity index (χ1v) is 10.8. The standard InChI is InChI=1S/C23H26N2O4/c1-27-16-8-14-15(9-17(16)28-2)25-20(26)10-18-21-13-7-19-23(14,22(21)25)4-5-24(19)11-12(13)3-6-29-18/h8-9,11,13,18-19,21-22H,3-7,10H2,1-2H3. The first-order valence-electron chi connectivity index (χ1n) is 10.8. The summed E-state index contributed by atoms with van der Waals surface area (Å²) >= 11 is 0. The molecule has 0 radical (unpaired) electrons. The van der Waals surface area contributed by atoms with Gasteiger partial charge in [0, 0.05) is 30.0 Å². The molecule has 1 aliphatic carbocycles. The molecule has 7 rings (SSSR count). The maximum absolute atomic E-state index is 13.5. The summed E-state index contributed by atoms with van der Waals surface area (Å²) in [5, 5.41) is 0. The van der Waals surface area contributed by atoms with Gasteiger partial charge < -0.3 is 24.0 Å². The summed E-state index contributed by atoms with van der Waals surface area (Å²) in [6.07, 6.45) is 6.25. The van der Waals surface area contributed by atoms with E-state index in [1.165, 1.54) is 12.0 Å². The summed E-state index contributed by atoms with van der Waals surface area (Å²) in [5.74, 6) is 2.57. The summed E-state index contributed by atoms with van der Waals surface area (Å²) in [4.78, 5) is 18.2. The summed E-state index contributed by atoms with van der Waals surface area (Å²) < 4.78 is 17.6. The van der Waals surface area contributed by atoms with Gasteiger partial charge in [0.05, 0.1) is 45.1 Å². The van der Waals surface area contributed by atoms with Crippen molar-refractivity contribution in [2.45, 2.75) is 49.3 Å². The molecular formula is C23H26N2O4. The normalized spacial score (nSPS) is 40.4. The Morgan fingerprint density at radius 3 is 2.86 bits per heavy atom. The summed E-state index contributed by atoms with van der Waals surface area (Å²) in [7, 11) is 3.36. The van der Waals surface area contributed by atoms with Gasteiger partial charge >= 0.3 is 0 Å². The molecule has 2 bridgehead atoms. The molecule has 6 atom stereocenters. The van der Waals surface area contributed by atoms with Gasteiger partial charge in [-0.1, -0.05) is 0 Å². The predicted octanol–water partition coefficient (Wildman–Crippen LogP) is 2.46. The molecule has 4 fully saturated rings. The lowest BCUT2D eigenvalue weighted by atomic mass is 9.54. The number of carbonyl (C=O) groups excluding carboxylic acids is 1. The molecular weight excluding hydrogens is 368 g/mol. The molecule has 5 heterocycles. The lowest BCUT2D eigenvalue weighted by molar-refractivity contribution is -0.131. The number of ether oxygens (including phenoxy) is 3. The van der Waals surface area contributed by atoms with Crippen molar-refractivity contribution in [3.8, 4) is 11.5 Å². The van der Waals surface area contributed by atoms with Gasteiger partial charge in [-0.3, -0.25) is 4.79 Å². The summed E-state index contributed by atoms with van der Waals surface area (Å²) in [6.45, 7) is 1.80. The van der Waals surface area contributed by atoms with E-state index in [1.807, 2.05) is 6.07 Å². The molecule has 0 aromatic heterocycles. The number of hydrogen-bond acceptors (Lipinski definition) is 5. The Hall–Kier alpha value is -2.21. The second-order valence-corrected chi connectivity index (χ2v) is 9.46. The molecule has 1 aromatic rings. The van der Waals surface area contributed by atoms with E-state index in [0.29, 0.717) is 30.0 Å². The van der Waals surface area contributed by atoms with Crippen molar-refractivity contribution in [2.24, 2.45) is 11.8 Å². The number of hydrogen-bond donors (Lipinski definition) is 0. The van der Waals surface area contributed by atoms with Crippen molar-refractivity contribution in [1.82, 2.24) is 4.90 Å². The highest BCUT2D eigenvalue weighted by molar-refractivity contribution is 5.99. The van der Waals surface area contributed by atoms with Crippen molar-refractivity contribution in [1.29, 1.82) is 0 Å². The number of nitrogens with zero attached hydrogens (tertiary/aromatic N) is 2. The maximum atomic E-state index is 13.5. The molecule has 6 heteroatoms. The quantitative estimate of drug-likeness (QED) is 0.771. The second kappa shape index (κ2) is 5.28. The van der Waals surface area contributed by atoms with Gasteiger partial charge in [0.2, 0.25) is 5.91 Å². The van der Waals surface area contributed by atoms with Crippen LogP contribution in [0.3, 0.4) is 0 Å². The molecule has 1 aromatic carbocycles. The van der Waals surface area contributed by atoms with Crippen molar-refractivity contribution in [3.05, 3.63) is 29.5 Å². The molecule has 0 N–H and O–H groups in total. The molecule has 6 nitrogen and oxygen atoms in total. The van der Waals surface area contributed by atoms with Crippen LogP contribution in [0.15, 0.2) is 23.9 Å². The minimum Gasteiger partial charge on any atom is -0.493 e. The van der Waals surface area contributed by atoms with Crippen LogP contribution in [-0.2, 0) is 14.9 Å². The second-order valence-electron chi connectivity index (χ2n) is 9.46. The van der Waals surface area contributed by atoms with Crippen LogP contribution in [0.25, 0.3) is 0 Å². The Morgan fingerprint density at radius 1 is 1.21 bits per heavy atom. The topological polar surface area (TPSA) is 51.2 Å². The molecule has 29 heavy (non-hydrogen) atoms. The monoisotopic (exact) mass is 394 g/mol. The van der Waals surface area contributed by atoms with Crippen LogP contribution in [0.5, 0.6) is 11.5 Å².